The van der Waals surface area contributed by atoms with Gasteiger partial charge in [0.05, 0.1) is 24.4 Å². The van der Waals surface area contributed by atoms with E-state index in [-0.39, 0.29) is 36.3 Å². The highest BCUT2D eigenvalue weighted by Crippen LogP contribution is 2.43. The number of ether oxygens (including phenoxy) is 2. The Morgan fingerprint density at radius 3 is 2.08 bits per heavy atom. The number of rotatable bonds is 12. The fourth-order valence-electron chi connectivity index (χ4n) is 5.97. The van der Waals surface area contributed by atoms with Crippen molar-refractivity contribution in [1.82, 2.24) is 10.6 Å². The number of hydrogen-bond donors (Lipinski definition) is 4. The molecule has 4 N–H and O–H groups in total. The lowest BCUT2D eigenvalue weighted by molar-refractivity contribution is -0.268. The van der Waals surface area contributed by atoms with Crippen LogP contribution < -0.4 is 10.6 Å². The molecular formula is C41H40N2O6S. The lowest BCUT2D eigenvalue weighted by Gasteiger charge is -2.41. The summed E-state index contributed by atoms with van der Waals surface area (Å²) >= 11 is 1.47. The first kappa shape index (κ1) is 34.9. The Morgan fingerprint density at radius 2 is 1.36 bits per heavy atom. The number of thioether (sulfide) groups is 1. The minimum Gasteiger partial charge on any atom is -0.478 e. The number of amides is 2. The van der Waals surface area contributed by atoms with Gasteiger partial charge < -0.3 is 30.3 Å². The Kier molecular flexibility index (Phi) is 11.6. The Labute approximate surface area is 296 Å². The predicted molar refractivity (Wildman–Crippen MR) is 194 cm³/mol. The number of nitrogens with one attached hydrogen (secondary N) is 2. The van der Waals surface area contributed by atoms with E-state index in [2.05, 4.69) is 23.6 Å². The van der Waals surface area contributed by atoms with Gasteiger partial charge in [-0.25, -0.2) is 9.59 Å². The van der Waals surface area contributed by atoms with Crippen molar-refractivity contribution in [1.29, 1.82) is 0 Å². The molecule has 5 aromatic carbocycles. The van der Waals surface area contributed by atoms with Crippen LogP contribution in [0.15, 0.2) is 132 Å². The van der Waals surface area contributed by atoms with Crippen molar-refractivity contribution in [2.75, 3.05) is 5.75 Å². The molecule has 2 amide bonds. The molecular weight excluding hydrogens is 649 g/mol. The van der Waals surface area contributed by atoms with Crippen LogP contribution >= 0.6 is 11.8 Å². The summed E-state index contributed by atoms with van der Waals surface area (Å²) in [4.78, 5) is 24.9. The number of benzene rings is 5. The molecule has 0 radical (unpaired) electrons. The topological polar surface area (TPSA) is 117 Å². The fraction of sp³-hybridized carbons (Fsp3) is 0.220. The highest BCUT2D eigenvalue weighted by molar-refractivity contribution is 7.99. The Morgan fingerprint density at radius 1 is 0.700 bits per heavy atom. The van der Waals surface area contributed by atoms with E-state index in [0.29, 0.717) is 23.7 Å². The Hall–Kier alpha value is -4.93. The van der Waals surface area contributed by atoms with Gasteiger partial charge in [-0.2, -0.15) is 0 Å². The number of urea groups is 1. The second-order valence-corrected chi connectivity index (χ2v) is 13.3. The summed E-state index contributed by atoms with van der Waals surface area (Å²) in [5, 5.41) is 25.1. The van der Waals surface area contributed by atoms with Crippen LogP contribution in [0.3, 0.4) is 0 Å². The summed E-state index contributed by atoms with van der Waals surface area (Å²) in [5.74, 6) is -0.452. The lowest BCUT2D eigenvalue weighted by atomic mass is 9.91. The quantitative estimate of drug-likeness (QED) is 0.0979. The molecule has 9 heteroatoms. The van der Waals surface area contributed by atoms with Crippen molar-refractivity contribution in [3.63, 3.8) is 0 Å². The van der Waals surface area contributed by atoms with E-state index >= 15 is 0 Å². The zero-order valence-electron chi connectivity index (χ0n) is 27.7. The van der Waals surface area contributed by atoms with Gasteiger partial charge in [0.15, 0.2) is 6.29 Å². The van der Waals surface area contributed by atoms with Crippen LogP contribution in [0, 0.1) is 5.92 Å². The van der Waals surface area contributed by atoms with Gasteiger partial charge in [0.25, 0.3) is 0 Å². The summed E-state index contributed by atoms with van der Waals surface area (Å²) in [6.45, 7) is 2.91. The van der Waals surface area contributed by atoms with E-state index in [1.165, 1.54) is 11.8 Å². The van der Waals surface area contributed by atoms with E-state index in [1.807, 2.05) is 109 Å². The maximum atomic E-state index is 12.4. The number of carboxylic acids is 1. The van der Waals surface area contributed by atoms with Crippen molar-refractivity contribution in [2.45, 2.75) is 50.0 Å². The fourth-order valence-corrected chi connectivity index (χ4v) is 7.18. The number of aliphatic hydroxyl groups excluding tert-OH is 1. The van der Waals surface area contributed by atoms with E-state index in [4.69, 9.17) is 9.47 Å². The number of aliphatic hydroxyl groups is 1. The van der Waals surface area contributed by atoms with E-state index in [0.717, 1.165) is 38.9 Å². The predicted octanol–water partition coefficient (Wildman–Crippen LogP) is 8.13. The van der Waals surface area contributed by atoms with Crippen LogP contribution in [-0.2, 0) is 29.2 Å². The molecule has 8 nitrogen and oxygen atoms in total. The zero-order chi connectivity index (χ0) is 34.9. The molecule has 0 spiro atoms. The summed E-state index contributed by atoms with van der Waals surface area (Å²) in [6, 6.07) is 40.5. The molecule has 256 valence electrons. The first-order valence-corrected chi connectivity index (χ1v) is 17.6. The van der Waals surface area contributed by atoms with Gasteiger partial charge in [-0.3, -0.25) is 0 Å². The largest absolute Gasteiger partial charge is 0.478 e. The normalized spacial score (nSPS) is 18.7. The molecule has 1 heterocycles. The number of carbonyl (C=O) groups is 2. The molecule has 0 aliphatic carbocycles. The van der Waals surface area contributed by atoms with Gasteiger partial charge in [-0.05, 0) is 51.6 Å². The minimum absolute atomic E-state index is 0.0354. The SMILES string of the molecule is C[C@H]1[C@@H](CSc2ccccc2C(=O)O)O[C@@H](c2ccc(-c3cccc(CNC(=O)NCc4ccccc4)c3)cc2)O[C@H]1c1ccc(CO)cc1. The molecule has 1 aliphatic heterocycles. The van der Waals surface area contributed by atoms with Crippen LogP contribution in [0.2, 0.25) is 0 Å². The maximum absolute atomic E-state index is 12.4. The zero-order valence-corrected chi connectivity index (χ0v) is 28.5. The summed E-state index contributed by atoms with van der Waals surface area (Å²) in [7, 11) is 0. The first-order chi connectivity index (χ1) is 24.4. The second-order valence-electron chi connectivity index (χ2n) is 12.3. The molecule has 1 saturated heterocycles. The minimum atomic E-state index is -0.958. The van der Waals surface area contributed by atoms with Crippen molar-refractivity contribution in [3.05, 3.63) is 161 Å². The van der Waals surface area contributed by atoms with Crippen molar-refractivity contribution >= 4 is 23.8 Å². The van der Waals surface area contributed by atoms with Gasteiger partial charge >= 0.3 is 12.0 Å². The van der Waals surface area contributed by atoms with Crippen LogP contribution in [0.5, 0.6) is 0 Å². The highest BCUT2D eigenvalue weighted by Gasteiger charge is 2.38. The third kappa shape index (κ3) is 8.80. The van der Waals surface area contributed by atoms with Gasteiger partial charge in [0, 0.05) is 35.2 Å². The first-order valence-electron chi connectivity index (χ1n) is 16.6. The van der Waals surface area contributed by atoms with E-state index in [9.17, 15) is 19.8 Å². The van der Waals surface area contributed by atoms with Crippen LogP contribution in [0.1, 0.15) is 57.5 Å². The molecule has 50 heavy (non-hydrogen) atoms. The Balaban J connectivity index is 1.15. The number of hydrogen-bond acceptors (Lipinski definition) is 6. The number of carbonyl (C=O) groups excluding carboxylic acids is 1. The molecule has 5 aromatic rings. The van der Waals surface area contributed by atoms with Gasteiger partial charge in [0.1, 0.15) is 0 Å². The third-order valence-corrected chi connectivity index (χ3v) is 10.00. The summed E-state index contributed by atoms with van der Waals surface area (Å²) in [6.07, 6.45) is -1.17. The Bertz CT molecular complexity index is 1880. The third-order valence-electron chi connectivity index (χ3n) is 8.84. The van der Waals surface area contributed by atoms with Crippen LogP contribution in [0.25, 0.3) is 11.1 Å². The lowest BCUT2D eigenvalue weighted by Crippen LogP contribution is -2.38. The van der Waals surface area contributed by atoms with Crippen LogP contribution in [0.4, 0.5) is 4.79 Å². The maximum Gasteiger partial charge on any atom is 0.336 e. The van der Waals surface area contributed by atoms with Gasteiger partial charge in [-0.1, -0.05) is 116 Å². The average molecular weight is 689 g/mol. The van der Waals surface area contributed by atoms with Gasteiger partial charge in [-0.15, -0.1) is 11.8 Å². The molecule has 0 bridgehead atoms. The standard InChI is InChI=1S/C41H40N2O6S/c1-27-36(26-50-37-13-6-5-12-35(37)39(45)46)48-40(49-38(27)32-16-14-29(25-44)15-17-32)33-20-18-31(19-21-33)34-11-7-10-30(22-34)24-43-41(47)42-23-28-8-3-2-4-9-28/h2-22,27,36,38,40,44H,23-26H2,1H3,(H,45,46)(H2,42,43,47)/t27-,36+,38+,40+/m0/s1. The van der Waals surface area contributed by atoms with Crippen molar-refractivity contribution < 1.29 is 29.3 Å². The van der Waals surface area contributed by atoms with E-state index in [1.54, 1.807) is 12.1 Å². The van der Waals surface area contributed by atoms with Crippen LogP contribution in [-0.4, -0.2) is 34.1 Å². The number of aromatic carboxylic acids is 1. The molecule has 6 rings (SSSR count). The molecule has 0 aromatic heterocycles. The smallest absolute Gasteiger partial charge is 0.336 e. The molecule has 0 unspecified atom stereocenters. The second kappa shape index (κ2) is 16.7. The monoisotopic (exact) mass is 688 g/mol. The van der Waals surface area contributed by atoms with E-state index < -0.39 is 12.3 Å². The van der Waals surface area contributed by atoms with Crippen molar-refractivity contribution in [2.24, 2.45) is 5.92 Å². The molecule has 1 fully saturated rings. The van der Waals surface area contributed by atoms with Gasteiger partial charge in [0.2, 0.25) is 0 Å². The molecule has 0 saturated carbocycles. The van der Waals surface area contributed by atoms with Crippen molar-refractivity contribution in [3.8, 4) is 11.1 Å². The summed E-state index contributed by atoms with van der Waals surface area (Å²) < 4.78 is 13.2. The summed E-state index contributed by atoms with van der Waals surface area (Å²) in [5.41, 5.74) is 7.00. The molecule has 1 aliphatic rings. The average Bonchev–Trinajstić information content (AvgIpc) is 3.16. The highest BCUT2D eigenvalue weighted by atomic mass is 32.2. The number of carboxylic acid groups (broad SMARTS) is 1. The molecule has 4 atom stereocenters.